The van der Waals surface area contributed by atoms with E-state index in [9.17, 15) is 14.3 Å². The lowest BCUT2D eigenvalue weighted by atomic mass is 10.1. The van der Waals surface area contributed by atoms with Crippen LogP contribution in [0.25, 0.3) is 56.1 Å². The molecule has 0 spiro atoms. The summed E-state index contributed by atoms with van der Waals surface area (Å²) in [5.74, 6) is -0.378. The Labute approximate surface area is 221 Å². The number of aromatic amines is 2. The minimum Gasteiger partial charge on any atom is -0.508 e. The lowest BCUT2D eigenvalue weighted by Crippen LogP contribution is -2.11. The van der Waals surface area contributed by atoms with Gasteiger partial charge < -0.3 is 15.4 Å². The number of amides is 1. The third-order valence-electron chi connectivity index (χ3n) is 6.26. The van der Waals surface area contributed by atoms with E-state index in [1.807, 2.05) is 25.1 Å². The molecule has 11 heteroatoms. The number of aromatic hydroxyl groups is 1. The number of aromatic nitrogens is 7. The van der Waals surface area contributed by atoms with Crippen LogP contribution in [-0.2, 0) is 4.79 Å². The van der Waals surface area contributed by atoms with Gasteiger partial charge in [0.2, 0.25) is 5.91 Å². The summed E-state index contributed by atoms with van der Waals surface area (Å²) in [6, 6.07) is 11.1. The Bertz CT molecular complexity index is 1820. The molecule has 0 unspecified atom stereocenters. The fourth-order valence-electron chi connectivity index (χ4n) is 4.40. The first-order valence-electron chi connectivity index (χ1n) is 12.4. The van der Waals surface area contributed by atoms with Crippen LogP contribution in [0.5, 0.6) is 5.75 Å². The lowest BCUT2D eigenvalue weighted by Gasteiger charge is -2.07. The van der Waals surface area contributed by atoms with Gasteiger partial charge in [0, 0.05) is 36.0 Å². The largest absolute Gasteiger partial charge is 0.508 e. The summed E-state index contributed by atoms with van der Waals surface area (Å²) < 4.78 is 14.0. The minimum atomic E-state index is -0.575. The van der Waals surface area contributed by atoms with Crippen LogP contribution in [0, 0.1) is 5.82 Å². The molecule has 0 aliphatic rings. The predicted octanol–water partition coefficient (Wildman–Crippen LogP) is 5.60. The van der Waals surface area contributed by atoms with Crippen molar-refractivity contribution in [2.45, 2.75) is 26.2 Å². The Morgan fingerprint density at radius 1 is 1.00 bits per heavy atom. The fraction of sp³-hybridized carbons (Fsp3) is 0.143. The van der Waals surface area contributed by atoms with Gasteiger partial charge in [0.05, 0.1) is 34.3 Å². The fourth-order valence-corrected chi connectivity index (χ4v) is 4.40. The number of unbranched alkanes of at least 4 members (excludes halogenated alkanes) is 1. The van der Waals surface area contributed by atoms with Crippen molar-refractivity contribution in [1.29, 1.82) is 0 Å². The average molecular weight is 523 g/mol. The molecule has 0 atom stereocenters. The van der Waals surface area contributed by atoms with Gasteiger partial charge in [-0.05, 0) is 42.8 Å². The van der Waals surface area contributed by atoms with Crippen LogP contribution in [-0.4, -0.2) is 46.1 Å². The van der Waals surface area contributed by atoms with E-state index in [1.54, 1.807) is 24.7 Å². The number of hydrogen-bond acceptors (Lipinski definition) is 7. The lowest BCUT2D eigenvalue weighted by molar-refractivity contribution is -0.116. The Morgan fingerprint density at radius 3 is 2.72 bits per heavy atom. The van der Waals surface area contributed by atoms with Crippen LogP contribution in [0.1, 0.15) is 26.2 Å². The van der Waals surface area contributed by atoms with Gasteiger partial charge in [-0.15, -0.1) is 0 Å². The number of pyridine rings is 3. The Morgan fingerprint density at radius 2 is 1.87 bits per heavy atom. The van der Waals surface area contributed by atoms with E-state index >= 15 is 0 Å². The molecule has 0 aliphatic heterocycles. The van der Waals surface area contributed by atoms with Crippen LogP contribution in [0.4, 0.5) is 10.1 Å². The second-order valence-corrected chi connectivity index (χ2v) is 9.12. The Kier molecular flexibility index (Phi) is 6.16. The first kappa shape index (κ1) is 24.2. The zero-order chi connectivity index (χ0) is 26.9. The highest BCUT2D eigenvalue weighted by atomic mass is 19.1. The minimum absolute atomic E-state index is 0.0523. The molecule has 5 heterocycles. The molecule has 4 N–H and O–H groups in total. The number of phenols is 1. The van der Waals surface area contributed by atoms with E-state index in [2.05, 4.69) is 30.5 Å². The molecule has 6 rings (SSSR count). The first-order valence-corrected chi connectivity index (χ1v) is 12.4. The van der Waals surface area contributed by atoms with Gasteiger partial charge in [-0.3, -0.25) is 19.9 Å². The van der Waals surface area contributed by atoms with E-state index in [0.29, 0.717) is 62.6 Å². The highest BCUT2D eigenvalue weighted by Gasteiger charge is 2.18. The SMILES string of the molecule is CCCCC(=O)Nc1cncc(-c2ccc3[nH]nc(-c4nc5c(-c6cc(O)cc(F)c6)nccc5[nH]4)c3n2)c1. The first-order chi connectivity index (χ1) is 19.0. The smallest absolute Gasteiger partial charge is 0.224 e. The van der Waals surface area contributed by atoms with Crippen molar-refractivity contribution in [3.05, 3.63) is 66.9 Å². The summed E-state index contributed by atoms with van der Waals surface area (Å²) >= 11 is 0. The second kappa shape index (κ2) is 9.93. The maximum atomic E-state index is 14.0. The van der Waals surface area contributed by atoms with E-state index in [1.165, 1.54) is 12.1 Å². The number of nitrogens with zero attached hydrogens (tertiary/aromatic N) is 5. The monoisotopic (exact) mass is 522 g/mol. The van der Waals surface area contributed by atoms with Crippen molar-refractivity contribution in [3.63, 3.8) is 0 Å². The van der Waals surface area contributed by atoms with Gasteiger partial charge in [-0.2, -0.15) is 5.10 Å². The molecule has 39 heavy (non-hydrogen) atoms. The summed E-state index contributed by atoms with van der Waals surface area (Å²) in [6.07, 6.45) is 7.10. The highest BCUT2D eigenvalue weighted by molar-refractivity contribution is 5.95. The zero-order valence-corrected chi connectivity index (χ0v) is 20.9. The van der Waals surface area contributed by atoms with Crippen LogP contribution >= 0.6 is 0 Å². The molecular weight excluding hydrogens is 499 g/mol. The van der Waals surface area contributed by atoms with E-state index in [4.69, 9.17) is 9.97 Å². The van der Waals surface area contributed by atoms with Crippen molar-refractivity contribution in [2.75, 3.05) is 5.32 Å². The van der Waals surface area contributed by atoms with Gasteiger partial charge in [0.1, 0.15) is 22.6 Å². The summed E-state index contributed by atoms with van der Waals surface area (Å²) in [5, 5.41) is 20.2. The average Bonchev–Trinajstić information content (AvgIpc) is 3.55. The zero-order valence-electron chi connectivity index (χ0n) is 20.9. The topological polar surface area (TPSA) is 145 Å². The van der Waals surface area contributed by atoms with Crippen LogP contribution < -0.4 is 5.32 Å². The van der Waals surface area contributed by atoms with E-state index < -0.39 is 5.82 Å². The normalized spacial score (nSPS) is 11.3. The Balaban J connectivity index is 1.38. The number of anilines is 1. The maximum Gasteiger partial charge on any atom is 0.224 e. The summed E-state index contributed by atoms with van der Waals surface area (Å²) in [4.78, 5) is 33.6. The van der Waals surface area contributed by atoms with Gasteiger partial charge in [0.15, 0.2) is 11.5 Å². The standard InChI is InChI=1S/C28H23FN8O2/c1-2-3-4-23(39)32-18-10-16(13-30-14-18)20-5-6-22-26(33-20)27(37-36-22)28-34-21-7-8-31-24(25(21)35-28)15-9-17(29)12-19(38)11-15/h5-14,38H,2-4H2,1H3,(H,32,39)(H,34,35)(H,36,37). The number of benzene rings is 1. The molecular formula is C28H23FN8O2. The van der Waals surface area contributed by atoms with Gasteiger partial charge in [-0.1, -0.05) is 13.3 Å². The van der Waals surface area contributed by atoms with Crippen molar-refractivity contribution < 1.29 is 14.3 Å². The molecule has 0 aliphatic carbocycles. The number of nitrogens with one attached hydrogen (secondary N) is 3. The molecule has 10 nitrogen and oxygen atoms in total. The van der Waals surface area contributed by atoms with Crippen molar-refractivity contribution in [1.82, 2.24) is 35.1 Å². The number of halogens is 1. The predicted molar refractivity (Wildman–Crippen MR) is 145 cm³/mol. The number of rotatable bonds is 7. The van der Waals surface area contributed by atoms with Gasteiger partial charge in [0.25, 0.3) is 0 Å². The number of carbonyl (C=O) groups excluding carboxylic acids is 1. The van der Waals surface area contributed by atoms with Crippen LogP contribution in [0.15, 0.2) is 61.1 Å². The molecule has 194 valence electrons. The number of carbonyl (C=O) groups is 1. The number of hydrogen-bond donors (Lipinski definition) is 4. The Hall–Kier alpha value is -5.19. The molecule has 0 saturated heterocycles. The number of phenolic OH excluding ortho intramolecular Hbond substituents is 1. The second-order valence-electron chi connectivity index (χ2n) is 9.12. The third-order valence-corrected chi connectivity index (χ3v) is 6.26. The van der Waals surface area contributed by atoms with E-state index in [-0.39, 0.29) is 11.7 Å². The molecule has 0 radical (unpaired) electrons. The highest BCUT2D eigenvalue weighted by Crippen LogP contribution is 2.32. The van der Waals surface area contributed by atoms with Crippen LogP contribution in [0.3, 0.4) is 0 Å². The summed E-state index contributed by atoms with van der Waals surface area (Å²) in [6.45, 7) is 2.04. The molecule has 0 bridgehead atoms. The number of H-pyrrole nitrogens is 2. The number of imidazole rings is 1. The molecule has 1 aromatic carbocycles. The summed E-state index contributed by atoms with van der Waals surface area (Å²) in [7, 11) is 0. The van der Waals surface area contributed by atoms with Gasteiger partial charge >= 0.3 is 0 Å². The van der Waals surface area contributed by atoms with E-state index in [0.717, 1.165) is 24.5 Å². The number of fused-ring (bicyclic) bond motifs is 2. The molecule has 5 aromatic heterocycles. The molecule has 6 aromatic rings. The van der Waals surface area contributed by atoms with Crippen molar-refractivity contribution >= 4 is 33.7 Å². The summed E-state index contributed by atoms with van der Waals surface area (Å²) in [5.41, 5.74) is 5.76. The van der Waals surface area contributed by atoms with Crippen LogP contribution in [0.2, 0.25) is 0 Å². The molecule has 0 fully saturated rings. The van der Waals surface area contributed by atoms with Crippen molar-refractivity contribution in [2.24, 2.45) is 0 Å². The quantitative estimate of drug-likeness (QED) is 0.214. The van der Waals surface area contributed by atoms with Gasteiger partial charge in [-0.25, -0.2) is 14.4 Å². The maximum absolute atomic E-state index is 14.0. The van der Waals surface area contributed by atoms with Crippen molar-refractivity contribution in [3.8, 4) is 39.8 Å². The molecule has 0 saturated carbocycles. The molecule has 1 amide bonds. The third kappa shape index (κ3) is 4.77.